The fourth-order valence-corrected chi connectivity index (χ4v) is 2.67. The minimum absolute atomic E-state index is 0.129. The Morgan fingerprint density at radius 1 is 1.00 bits per heavy atom. The third-order valence-corrected chi connectivity index (χ3v) is 3.96. The van der Waals surface area contributed by atoms with Gasteiger partial charge in [-0.25, -0.2) is 13.8 Å². The normalized spacial score (nSPS) is 10.5. The molecular weight excluding hydrogens is 366 g/mol. The summed E-state index contributed by atoms with van der Waals surface area (Å²) in [7, 11) is 0. The van der Waals surface area contributed by atoms with Gasteiger partial charge in [-0.3, -0.25) is 9.59 Å². The second-order valence-electron chi connectivity index (χ2n) is 6.08. The van der Waals surface area contributed by atoms with E-state index in [9.17, 15) is 18.4 Å². The molecule has 0 saturated carbocycles. The van der Waals surface area contributed by atoms with E-state index in [4.69, 9.17) is 0 Å². The van der Waals surface area contributed by atoms with E-state index in [0.29, 0.717) is 19.0 Å². The van der Waals surface area contributed by atoms with Crippen molar-refractivity contribution in [1.82, 2.24) is 14.9 Å². The average molecular weight is 384 g/mol. The predicted octanol–water partition coefficient (Wildman–Crippen LogP) is 2.51. The molecule has 2 amide bonds. The quantitative estimate of drug-likeness (QED) is 0.641. The van der Waals surface area contributed by atoms with Gasteiger partial charge in [0.15, 0.2) is 0 Å². The zero-order chi connectivity index (χ0) is 19.9. The minimum atomic E-state index is -1.00. The zero-order valence-corrected chi connectivity index (χ0v) is 14.9. The van der Waals surface area contributed by atoms with Crippen molar-refractivity contribution in [3.05, 3.63) is 83.9 Å². The van der Waals surface area contributed by atoms with Gasteiger partial charge in [-0.1, -0.05) is 30.3 Å². The van der Waals surface area contributed by atoms with Crippen molar-refractivity contribution in [1.29, 1.82) is 0 Å². The fourth-order valence-electron chi connectivity index (χ4n) is 2.67. The third kappa shape index (κ3) is 5.23. The number of aromatic nitrogens is 2. The Balaban J connectivity index is 1.50. The topological polar surface area (TPSA) is 76.0 Å². The van der Waals surface area contributed by atoms with E-state index in [-0.39, 0.29) is 12.2 Å². The van der Waals surface area contributed by atoms with Crippen LogP contribution in [-0.2, 0) is 22.6 Å². The second kappa shape index (κ2) is 8.90. The number of anilines is 1. The van der Waals surface area contributed by atoms with Gasteiger partial charge in [-0.05, 0) is 17.7 Å². The molecule has 0 bridgehead atoms. The number of hydrogen-bond donors (Lipinski definition) is 2. The number of benzene rings is 2. The summed E-state index contributed by atoms with van der Waals surface area (Å²) in [5, 5.41) is 4.63. The molecule has 28 heavy (non-hydrogen) atoms. The fraction of sp³-hybridized carbons (Fsp3) is 0.150. The lowest BCUT2D eigenvalue weighted by molar-refractivity contribution is -0.136. The van der Waals surface area contributed by atoms with Crippen LogP contribution < -0.4 is 10.6 Å². The standard InChI is InChI=1S/C20H18F2N4O2/c21-15-10-16(22)12-17(11-15)25-20(28)19(27)24-7-6-18-23-8-9-26(18)13-14-4-2-1-3-5-14/h1-5,8-12H,6-7,13H2,(H,24,27)(H,25,28). The van der Waals surface area contributed by atoms with E-state index in [0.717, 1.165) is 23.5 Å². The molecule has 0 aliphatic rings. The van der Waals surface area contributed by atoms with E-state index in [1.54, 1.807) is 6.20 Å². The molecular formula is C20H18F2N4O2. The predicted molar refractivity (Wildman–Crippen MR) is 99.5 cm³/mol. The number of rotatable bonds is 6. The molecule has 0 spiro atoms. The van der Waals surface area contributed by atoms with Crippen molar-refractivity contribution in [2.24, 2.45) is 0 Å². The monoisotopic (exact) mass is 384 g/mol. The molecule has 0 unspecified atom stereocenters. The SMILES string of the molecule is O=C(NCCc1nccn1Cc1ccccc1)C(=O)Nc1cc(F)cc(F)c1. The first-order chi connectivity index (χ1) is 13.5. The number of imidazole rings is 1. The molecule has 0 atom stereocenters. The molecule has 1 heterocycles. The van der Waals surface area contributed by atoms with Crippen LogP contribution in [0.1, 0.15) is 11.4 Å². The molecule has 3 rings (SSSR count). The van der Waals surface area contributed by atoms with E-state index in [2.05, 4.69) is 15.6 Å². The zero-order valence-electron chi connectivity index (χ0n) is 14.9. The maximum Gasteiger partial charge on any atom is 0.313 e. The van der Waals surface area contributed by atoms with Gasteiger partial charge in [0, 0.05) is 43.7 Å². The Morgan fingerprint density at radius 3 is 2.43 bits per heavy atom. The molecule has 6 nitrogen and oxygen atoms in total. The summed E-state index contributed by atoms with van der Waals surface area (Å²) in [6.07, 6.45) is 3.94. The van der Waals surface area contributed by atoms with Crippen molar-refractivity contribution >= 4 is 17.5 Å². The maximum atomic E-state index is 13.1. The first-order valence-electron chi connectivity index (χ1n) is 8.60. The highest BCUT2D eigenvalue weighted by Gasteiger charge is 2.14. The first-order valence-corrected chi connectivity index (χ1v) is 8.60. The molecule has 2 aromatic carbocycles. The van der Waals surface area contributed by atoms with Crippen LogP contribution in [0.25, 0.3) is 0 Å². The summed E-state index contributed by atoms with van der Waals surface area (Å²) in [5.41, 5.74) is 0.989. The van der Waals surface area contributed by atoms with Crippen molar-refractivity contribution in [2.45, 2.75) is 13.0 Å². The lowest BCUT2D eigenvalue weighted by Crippen LogP contribution is -2.36. The van der Waals surface area contributed by atoms with Gasteiger partial charge in [0.2, 0.25) is 0 Å². The molecule has 3 aromatic rings. The van der Waals surface area contributed by atoms with Crippen LogP contribution in [0.2, 0.25) is 0 Å². The van der Waals surface area contributed by atoms with Crippen LogP contribution in [0.4, 0.5) is 14.5 Å². The van der Waals surface area contributed by atoms with Crippen molar-refractivity contribution in [3.8, 4) is 0 Å². The van der Waals surface area contributed by atoms with Crippen molar-refractivity contribution in [3.63, 3.8) is 0 Å². The molecule has 8 heteroatoms. The third-order valence-electron chi connectivity index (χ3n) is 3.96. The summed E-state index contributed by atoms with van der Waals surface area (Å²) < 4.78 is 28.2. The lowest BCUT2D eigenvalue weighted by Gasteiger charge is -2.09. The van der Waals surface area contributed by atoms with Gasteiger partial charge in [0.1, 0.15) is 17.5 Å². The van der Waals surface area contributed by atoms with Crippen LogP contribution in [0.15, 0.2) is 60.9 Å². The number of nitrogens with zero attached hydrogens (tertiary/aromatic N) is 2. The Labute approximate surface area is 160 Å². The Bertz CT molecular complexity index is 953. The Morgan fingerprint density at radius 2 is 1.71 bits per heavy atom. The molecule has 1 aromatic heterocycles. The van der Waals surface area contributed by atoms with E-state index >= 15 is 0 Å². The van der Waals surface area contributed by atoms with Gasteiger partial charge >= 0.3 is 11.8 Å². The van der Waals surface area contributed by atoms with Gasteiger partial charge in [0.25, 0.3) is 0 Å². The molecule has 0 saturated heterocycles. The number of amides is 2. The molecule has 0 aliphatic carbocycles. The summed E-state index contributed by atoms with van der Waals surface area (Å²) in [6.45, 7) is 0.839. The van der Waals surface area contributed by atoms with Crippen LogP contribution in [0.5, 0.6) is 0 Å². The van der Waals surface area contributed by atoms with Crippen LogP contribution in [-0.4, -0.2) is 27.9 Å². The van der Waals surface area contributed by atoms with E-state index in [1.165, 1.54) is 0 Å². The van der Waals surface area contributed by atoms with Crippen LogP contribution in [0, 0.1) is 11.6 Å². The summed E-state index contributed by atoms with van der Waals surface area (Å²) in [5.74, 6) is -2.83. The average Bonchev–Trinajstić information content (AvgIpc) is 3.08. The van der Waals surface area contributed by atoms with Crippen LogP contribution >= 0.6 is 0 Å². The van der Waals surface area contributed by atoms with Gasteiger partial charge < -0.3 is 15.2 Å². The van der Waals surface area contributed by atoms with E-state index in [1.807, 2.05) is 41.1 Å². The second-order valence-corrected chi connectivity index (χ2v) is 6.08. The highest BCUT2D eigenvalue weighted by Crippen LogP contribution is 2.12. The summed E-state index contributed by atoms with van der Waals surface area (Å²) >= 11 is 0. The molecule has 2 N–H and O–H groups in total. The summed E-state index contributed by atoms with van der Waals surface area (Å²) in [6, 6.07) is 12.4. The highest BCUT2D eigenvalue weighted by atomic mass is 19.1. The summed E-state index contributed by atoms with van der Waals surface area (Å²) in [4.78, 5) is 28.0. The molecule has 0 aliphatic heterocycles. The number of nitrogens with one attached hydrogen (secondary N) is 2. The minimum Gasteiger partial charge on any atom is -0.347 e. The number of carbonyl (C=O) groups is 2. The molecule has 0 radical (unpaired) electrons. The van der Waals surface area contributed by atoms with E-state index < -0.39 is 23.4 Å². The van der Waals surface area contributed by atoms with Gasteiger partial charge in [-0.15, -0.1) is 0 Å². The number of carbonyl (C=O) groups excluding carboxylic acids is 2. The van der Waals surface area contributed by atoms with Crippen molar-refractivity contribution < 1.29 is 18.4 Å². The maximum absolute atomic E-state index is 13.1. The van der Waals surface area contributed by atoms with Crippen molar-refractivity contribution in [2.75, 3.05) is 11.9 Å². The molecule has 0 fully saturated rings. The Kier molecular flexibility index (Phi) is 6.11. The highest BCUT2D eigenvalue weighted by molar-refractivity contribution is 6.39. The Hall–Kier alpha value is -3.55. The van der Waals surface area contributed by atoms with Gasteiger partial charge in [0.05, 0.1) is 0 Å². The number of halogens is 2. The largest absolute Gasteiger partial charge is 0.347 e. The van der Waals surface area contributed by atoms with Gasteiger partial charge in [-0.2, -0.15) is 0 Å². The first kappa shape index (κ1) is 19.2. The van der Waals surface area contributed by atoms with Crippen LogP contribution in [0.3, 0.4) is 0 Å². The molecule has 144 valence electrons. The number of hydrogen-bond acceptors (Lipinski definition) is 3. The smallest absolute Gasteiger partial charge is 0.313 e. The lowest BCUT2D eigenvalue weighted by atomic mass is 10.2.